The van der Waals surface area contributed by atoms with E-state index < -0.39 is 0 Å². The van der Waals surface area contributed by atoms with Crippen LogP contribution in [0.1, 0.15) is 5.56 Å². The Hall–Kier alpha value is -2.73. The summed E-state index contributed by atoms with van der Waals surface area (Å²) in [6.45, 7) is 1.09. The molecule has 2 aromatic heterocycles. The van der Waals surface area contributed by atoms with Gasteiger partial charge in [0, 0.05) is 19.3 Å². The maximum absolute atomic E-state index is 8.92. The number of aliphatic hydroxyl groups is 1. The van der Waals surface area contributed by atoms with E-state index >= 15 is 0 Å². The van der Waals surface area contributed by atoms with E-state index in [0.717, 1.165) is 16.6 Å². The number of nitrogens with one attached hydrogen (secondary N) is 2. The summed E-state index contributed by atoms with van der Waals surface area (Å²) in [7, 11) is 0. The van der Waals surface area contributed by atoms with Crippen LogP contribution in [0.2, 0.25) is 0 Å². The molecule has 1 aromatic carbocycles. The zero-order valence-corrected chi connectivity index (χ0v) is 12.0. The smallest absolute Gasteiger partial charge is 0.225 e. The van der Waals surface area contributed by atoms with Crippen LogP contribution < -0.4 is 10.6 Å². The summed E-state index contributed by atoms with van der Waals surface area (Å²) in [5.74, 6) is 1.15. The Balaban J connectivity index is 1.88. The summed E-state index contributed by atoms with van der Waals surface area (Å²) in [5.41, 5.74) is 2.65. The average molecular weight is 295 g/mol. The Bertz CT molecular complexity index is 748. The van der Waals surface area contributed by atoms with Crippen molar-refractivity contribution in [3.63, 3.8) is 0 Å². The molecule has 0 aliphatic heterocycles. The number of aromatic nitrogens is 3. The van der Waals surface area contributed by atoms with E-state index in [-0.39, 0.29) is 6.61 Å². The maximum Gasteiger partial charge on any atom is 0.225 e. The Labute approximate surface area is 128 Å². The normalized spacial score (nSPS) is 10.6. The number of nitrogens with zero attached hydrogens (tertiary/aromatic N) is 3. The lowest BCUT2D eigenvalue weighted by Crippen LogP contribution is -2.11. The number of hydrogen-bond donors (Lipinski definition) is 3. The molecule has 3 aromatic rings. The molecule has 6 heteroatoms. The molecule has 0 radical (unpaired) electrons. The minimum Gasteiger partial charge on any atom is -0.395 e. The molecule has 3 rings (SSSR count). The SMILES string of the molecule is OCCNc1nc(NCc2ccccc2)c2ncccc2n1. The van der Waals surface area contributed by atoms with Crippen molar-refractivity contribution < 1.29 is 5.11 Å². The van der Waals surface area contributed by atoms with Crippen molar-refractivity contribution in [3.8, 4) is 0 Å². The molecule has 22 heavy (non-hydrogen) atoms. The quantitative estimate of drug-likeness (QED) is 0.645. The predicted octanol–water partition coefficient (Wildman–Crippen LogP) is 2.04. The summed E-state index contributed by atoms with van der Waals surface area (Å²) in [6.07, 6.45) is 1.72. The van der Waals surface area contributed by atoms with Crippen molar-refractivity contribution in [3.05, 3.63) is 54.2 Å². The summed E-state index contributed by atoms with van der Waals surface area (Å²) >= 11 is 0. The van der Waals surface area contributed by atoms with Crippen LogP contribution >= 0.6 is 0 Å². The van der Waals surface area contributed by atoms with Crippen molar-refractivity contribution in [2.45, 2.75) is 6.54 Å². The van der Waals surface area contributed by atoms with E-state index in [2.05, 4.69) is 37.7 Å². The average Bonchev–Trinajstić information content (AvgIpc) is 2.58. The van der Waals surface area contributed by atoms with Gasteiger partial charge in [-0.2, -0.15) is 4.98 Å². The molecule has 3 N–H and O–H groups in total. The third kappa shape index (κ3) is 3.29. The van der Waals surface area contributed by atoms with Crippen molar-refractivity contribution >= 4 is 22.8 Å². The fourth-order valence-corrected chi connectivity index (χ4v) is 2.12. The van der Waals surface area contributed by atoms with E-state index in [0.29, 0.717) is 24.9 Å². The standard InChI is InChI=1S/C16H17N5O/c22-10-9-18-16-20-13-7-4-8-17-14(13)15(21-16)19-11-12-5-2-1-3-6-12/h1-8,22H,9-11H2,(H2,18,19,20,21). The molecule has 0 aliphatic rings. The van der Waals surface area contributed by atoms with Crippen molar-refractivity contribution in [2.24, 2.45) is 0 Å². The first kappa shape index (κ1) is 14.2. The third-order valence-electron chi connectivity index (χ3n) is 3.15. The van der Waals surface area contributed by atoms with Crippen LogP contribution in [0.3, 0.4) is 0 Å². The fourth-order valence-electron chi connectivity index (χ4n) is 2.12. The van der Waals surface area contributed by atoms with Gasteiger partial charge >= 0.3 is 0 Å². The Morgan fingerprint density at radius 3 is 2.64 bits per heavy atom. The number of aliphatic hydroxyl groups excluding tert-OH is 1. The first-order chi connectivity index (χ1) is 10.9. The monoisotopic (exact) mass is 295 g/mol. The first-order valence-electron chi connectivity index (χ1n) is 7.12. The fraction of sp³-hybridized carbons (Fsp3) is 0.188. The Morgan fingerprint density at radius 1 is 0.955 bits per heavy atom. The first-order valence-corrected chi connectivity index (χ1v) is 7.12. The molecule has 0 saturated carbocycles. The summed E-state index contributed by atoms with van der Waals surface area (Å²) in [6, 6.07) is 13.8. The minimum atomic E-state index is 0.0290. The molecule has 0 bridgehead atoms. The second-order valence-corrected chi connectivity index (χ2v) is 4.76. The molecule has 0 aliphatic carbocycles. The Morgan fingerprint density at radius 2 is 1.82 bits per heavy atom. The highest BCUT2D eigenvalue weighted by atomic mass is 16.3. The van der Waals surface area contributed by atoms with Crippen molar-refractivity contribution in [1.29, 1.82) is 0 Å². The minimum absolute atomic E-state index is 0.0290. The second kappa shape index (κ2) is 6.82. The van der Waals surface area contributed by atoms with Gasteiger partial charge in [-0.1, -0.05) is 30.3 Å². The number of fused-ring (bicyclic) bond motifs is 1. The van der Waals surface area contributed by atoms with E-state index in [1.54, 1.807) is 6.20 Å². The van der Waals surface area contributed by atoms with E-state index in [1.165, 1.54) is 0 Å². The lowest BCUT2D eigenvalue weighted by Gasteiger charge is -2.10. The Kier molecular flexibility index (Phi) is 4.41. The number of benzene rings is 1. The molecule has 0 fully saturated rings. The van der Waals surface area contributed by atoms with Crippen molar-refractivity contribution in [1.82, 2.24) is 15.0 Å². The van der Waals surface area contributed by atoms with Gasteiger partial charge in [0.1, 0.15) is 5.52 Å². The number of pyridine rings is 1. The van der Waals surface area contributed by atoms with Gasteiger partial charge in [-0.3, -0.25) is 4.98 Å². The van der Waals surface area contributed by atoms with Crippen LogP contribution in [0.4, 0.5) is 11.8 Å². The molecule has 2 heterocycles. The molecule has 6 nitrogen and oxygen atoms in total. The molecule has 0 spiro atoms. The lowest BCUT2D eigenvalue weighted by atomic mass is 10.2. The topological polar surface area (TPSA) is 83.0 Å². The molecular formula is C16H17N5O. The van der Waals surface area contributed by atoms with Gasteiger partial charge in [-0.15, -0.1) is 0 Å². The highest BCUT2D eigenvalue weighted by molar-refractivity contribution is 5.86. The van der Waals surface area contributed by atoms with Crippen LogP contribution in [0, 0.1) is 0 Å². The molecule has 0 atom stereocenters. The molecule has 0 unspecified atom stereocenters. The van der Waals surface area contributed by atoms with Gasteiger partial charge < -0.3 is 15.7 Å². The zero-order valence-electron chi connectivity index (χ0n) is 12.0. The van der Waals surface area contributed by atoms with Gasteiger partial charge in [-0.25, -0.2) is 4.98 Å². The largest absolute Gasteiger partial charge is 0.395 e. The third-order valence-corrected chi connectivity index (χ3v) is 3.15. The number of rotatable bonds is 6. The summed E-state index contributed by atoms with van der Waals surface area (Å²) in [4.78, 5) is 13.2. The van der Waals surface area contributed by atoms with Gasteiger partial charge in [0.15, 0.2) is 5.82 Å². The summed E-state index contributed by atoms with van der Waals surface area (Å²) in [5, 5.41) is 15.2. The van der Waals surface area contributed by atoms with Crippen molar-refractivity contribution in [2.75, 3.05) is 23.8 Å². The lowest BCUT2D eigenvalue weighted by molar-refractivity contribution is 0.311. The van der Waals surface area contributed by atoms with E-state index in [4.69, 9.17) is 5.11 Å². The predicted molar refractivity (Wildman–Crippen MR) is 86.7 cm³/mol. The number of anilines is 2. The van der Waals surface area contributed by atoms with Gasteiger partial charge in [0.25, 0.3) is 0 Å². The van der Waals surface area contributed by atoms with Crippen LogP contribution in [0.5, 0.6) is 0 Å². The highest BCUT2D eigenvalue weighted by Gasteiger charge is 2.08. The second-order valence-electron chi connectivity index (χ2n) is 4.76. The highest BCUT2D eigenvalue weighted by Crippen LogP contribution is 2.20. The molecular weight excluding hydrogens is 278 g/mol. The molecule has 0 amide bonds. The number of hydrogen-bond acceptors (Lipinski definition) is 6. The van der Waals surface area contributed by atoms with Gasteiger partial charge in [-0.05, 0) is 17.7 Å². The zero-order chi connectivity index (χ0) is 15.2. The maximum atomic E-state index is 8.92. The summed E-state index contributed by atoms with van der Waals surface area (Å²) < 4.78 is 0. The van der Waals surface area contributed by atoms with Crippen LogP contribution in [-0.4, -0.2) is 33.2 Å². The molecule has 0 saturated heterocycles. The van der Waals surface area contributed by atoms with Gasteiger partial charge in [0.2, 0.25) is 5.95 Å². The van der Waals surface area contributed by atoms with Crippen LogP contribution in [0.25, 0.3) is 11.0 Å². The molecule has 112 valence electrons. The van der Waals surface area contributed by atoms with E-state index in [1.807, 2.05) is 30.3 Å². The van der Waals surface area contributed by atoms with Crippen LogP contribution in [-0.2, 0) is 6.54 Å². The van der Waals surface area contributed by atoms with Crippen LogP contribution in [0.15, 0.2) is 48.7 Å². The van der Waals surface area contributed by atoms with Gasteiger partial charge in [0.05, 0.1) is 12.1 Å². The van der Waals surface area contributed by atoms with E-state index in [9.17, 15) is 0 Å².